The molecule has 0 unspecified atom stereocenters. The van der Waals surface area contributed by atoms with E-state index < -0.39 is 6.04 Å². The first kappa shape index (κ1) is 13.5. The van der Waals surface area contributed by atoms with E-state index in [2.05, 4.69) is 10.3 Å². The van der Waals surface area contributed by atoms with E-state index in [1.165, 1.54) is 0 Å². The number of nitrogens with zero attached hydrogens (tertiary/aromatic N) is 1. The van der Waals surface area contributed by atoms with Crippen molar-refractivity contribution in [1.29, 1.82) is 0 Å². The van der Waals surface area contributed by atoms with Crippen LogP contribution in [0.3, 0.4) is 0 Å². The zero-order chi connectivity index (χ0) is 13.8. The number of aromatic nitrogens is 1. The lowest BCUT2D eigenvalue weighted by Gasteiger charge is -2.15. The largest absolute Gasteiger partial charge is 0.351 e. The van der Waals surface area contributed by atoms with E-state index in [-0.39, 0.29) is 11.8 Å². The van der Waals surface area contributed by atoms with Crippen LogP contribution >= 0.6 is 0 Å². The number of hydrogen-bond donors (Lipinski definition) is 2. The number of hydrogen-bond acceptors (Lipinski definition) is 3. The van der Waals surface area contributed by atoms with E-state index in [9.17, 15) is 4.79 Å². The molecule has 1 aromatic heterocycles. The first-order chi connectivity index (χ1) is 9.09. The molecule has 0 spiro atoms. The number of amides is 1. The summed E-state index contributed by atoms with van der Waals surface area (Å²) in [5.41, 5.74) is 7.73. The first-order valence-electron chi connectivity index (χ1n) is 6.45. The van der Waals surface area contributed by atoms with Gasteiger partial charge in [0.15, 0.2) is 0 Å². The Balaban J connectivity index is 2.12. The van der Waals surface area contributed by atoms with Gasteiger partial charge in [0.25, 0.3) is 0 Å². The Kier molecular flexibility index (Phi) is 4.12. The summed E-state index contributed by atoms with van der Waals surface area (Å²) < 4.78 is 0. The molecule has 0 aliphatic heterocycles. The number of carbonyl (C=O) groups is 1. The fraction of sp³-hybridized carbons (Fsp3) is 0.333. The molecule has 19 heavy (non-hydrogen) atoms. The maximum atomic E-state index is 11.8. The van der Waals surface area contributed by atoms with Gasteiger partial charge in [0.1, 0.15) is 0 Å². The molecule has 1 heterocycles. The summed E-state index contributed by atoms with van der Waals surface area (Å²) in [6.45, 7) is 4.32. The van der Waals surface area contributed by atoms with Crippen LogP contribution in [0, 0.1) is 5.92 Å². The van der Waals surface area contributed by atoms with Gasteiger partial charge in [-0.1, -0.05) is 38.1 Å². The fourth-order valence-corrected chi connectivity index (χ4v) is 1.91. The van der Waals surface area contributed by atoms with Crippen molar-refractivity contribution in [3.05, 3.63) is 42.1 Å². The van der Waals surface area contributed by atoms with E-state index in [4.69, 9.17) is 5.73 Å². The average Bonchev–Trinajstić information content (AvgIpc) is 2.43. The highest BCUT2D eigenvalue weighted by Crippen LogP contribution is 2.15. The van der Waals surface area contributed by atoms with Gasteiger partial charge >= 0.3 is 0 Å². The smallest absolute Gasteiger partial charge is 0.237 e. The number of pyridine rings is 1. The quantitative estimate of drug-likeness (QED) is 0.878. The number of carbonyl (C=O) groups excluding carboxylic acids is 1. The summed E-state index contributed by atoms with van der Waals surface area (Å²) in [4.78, 5) is 16.2. The third-order valence-electron chi connectivity index (χ3n) is 3.19. The second kappa shape index (κ2) is 5.80. The Labute approximate surface area is 113 Å². The van der Waals surface area contributed by atoms with E-state index >= 15 is 0 Å². The number of fused-ring (bicyclic) bond motifs is 1. The molecule has 0 aliphatic carbocycles. The van der Waals surface area contributed by atoms with Crippen LogP contribution in [0.25, 0.3) is 10.9 Å². The molecule has 0 saturated carbocycles. The molecule has 4 heteroatoms. The van der Waals surface area contributed by atoms with Gasteiger partial charge in [-0.2, -0.15) is 0 Å². The Morgan fingerprint density at radius 2 is 2.05 bits per heavy atom. The molecule has 100 valence electrons. The second-order valence-electron chi connectivity index (χ2n) is 4.98. The Bertz CT molecular complexity index is 575. The molecule has 2 aromatic rings. The van der Waals surface area contributed by atoms with Crippen molar-refractivity contribution in [2.24, 2.45) is 11.7 Å². The van der Waals surface area contributed by atoms with E-state index in [0.717, 1.165) is 16.5 Å². The van der Waals surface area contributed by atoms with Gasteiger partial charge in [-0.15, -0.1) is 0 Å². The second-order valence-corrected chi connectivity index (χ2v) is 4.98. The molecule has 1 atom stereocenters. The highest BCUT2D eigenvalue weighted by molar-refractivity contribution is 5.84. The van der Waals surface area contributed by atoms with E-state index in [1.54, 1.807) is 6.20 Å². The summed E-state index contributed by atoms with van der Waals surface area (Å²) in [6, 6.07) is 9.38. The third kappa shape index (κ3) is 3.09. The molecular weight excluding hydrogens is 238 g/mol. The number of nitrogens with one attached hydrogen (secondary N) is 1. The summed E-state index contributed by atoms with van der Waals surface area (Å²) in [6.07, 6.45) is 1.76. The van der Waals surface area contributed by atoms with Gasteiger partial charge < -0.3 is 11.1 Å². The standard InChI is InChI=1S/C15H19N3O/c1-10(2)13(16)15(19)18-9-12-6-3-5-11-7-4-8-17-14(11)12/h3-8,10,13H,9,16H2,1-2H3,(H,18,19)/t13-/m1/s1. The van der Waals surface area contributed by atoms with Crippen LogP contribution in [0.5, 0.6) is 0 Å². The maximum absolute atomic E-state index is 11.8. The zero-order valence-electron chi connectivity index (χ0n) is 11.3. The SMILES string of the molecule is CC(C)[C@@H](N)C(=O)NCc1cccc2cccnc12. The topological polar surface area (TPSA) is 68.0 Å². The van der Waals surface area contributed by atoms with Gasteiger partial charge in [0, 0.05) is 18.1 Å². The lowest BCUT2D eigenvalue weighted by atomic mass is 10.0. The molecule has 0 fully saturated rings. The lowest BCUT2D eigenvalue weighted by Crippen LogP contribution is -2.43. The minimum absolute atomic E-state index is 0.122. The van der Waals surface area contributed by atoms with Crippen LogP contribution < -0.4 is 11.1 Å². The highest BCUT2D eigenvalue weighted by atomic mass is 16.2. The zero-order valence-corrected chi connectivity index (χ0v) is 11.3. The molecule has 3 N–H and O–H groups in total. The number of para-hydroxylation sites is 1. The van der Waals surface area contributed by atoms with Crippen LogP contribution in [-0.2, 0) is 11.3 Å². The van der Waals surface area contributed by atoms with Crippen LogP contribution in [-0.4, -0.2) is 16.9 Å². The lowest BCUT2D eigenvalue weighted by molar-refractivity contribution is -0.123. The van der Waals surface area contributed by atoms with Crippen molar-refractivity contribution in [3.63, 3.8) is 0 Å². The van der Waals surface area contributed by atoms with Crippen LogP contribution in [0.15, 0.2) is 36.5 Å². The van der Waals surface area contributed by atoms with Gasteiger partial charge in [0.2, 0.25) is 5.91 Å². The monoisotopic (exact) mass is 257 g/mol. The average molecular weight is 257 g/mol. The highest BCUT2D eigenvalue weighted by Gasteiger charge is 2.16. The first-order valence-corrected chi connectivity index (χ1v) is 6.45. The molecule has 0 saturated heterocycles. The molecule has 4 nitrogen and oxygen atoms in total. The Morgan fingerprint density at radius 1 is 1.32 bits per heavy atom. The van der Waals surface area contributed by atoms with Crippen molar-refractivity contribution in [2.45, 2.75) is 26.4 Å². The minimum atomic E-state index is -0.470. The Morgan fingerprint density at radius 3 is 2.79 bits per heavy atom. The van der Waals surface area contributed by atoms with Crippen molar-refractivity contribution in [3.8, 4) is 0 Å². The molecular formula is C15H19N3O. The maximum Gasteiger partial charge on any atom is 0.237 e. The molecule has 0 radical (unpaired) electrons. The summed E-state index contributed by atoms with van der Waals surface area (Å²) in [5, 5.41) is 3.94. The predicted octanol–water partition coefficient (Wildman–Crippen LogP) is 1.83. The van der Waals surface area contributed by atoms with Crippen LogP contribution in [0.2, 0.25) is 0 Å². The molecule has 2 rings (SSSR count). The van der Waals surface area contributed by atoms with Gasteiger partial charge in [-0.3, -0.25) is 9.78 Å². The molecule has 0 aliphatic rings. The normalized spacial score (nSPS) is 12.6. The van der Waals surface area contributed by atoms with Gasteiger partial charge in [-0.25, -0.2) is 0 Å². The summed E-state index contributed by atoms with van der Waals surface area (Å²) in [7, 11) is 0. The minimum Gasteiger partial charge on any atom is -0.351 e. The van der Waals surface area contributed by atoms with Gasteiger partial charge in [-0.05, 0) is 17.5 Å². The van der Waals surface area contributed by atoms with Gasteiger partial charge in [0.05, 0.1) is 11.6 Å². The van der Waals surface area contributed by atoms with Crippen molar-refractivity contribution in [2.75, 3.05) is 0 Å². The fourth-order valence-electron chi connectivity index (χ4n) is 1.91. The van der Waals surface area contributed by atoms with E-state index in [0.29, 0.717) is 6.54 Å². The summed E-state index contributed by atoms with van der Waals surface area (Å²) >= 11 is 0. The van der Waals surface area contributed by atoms with Crippen molar-refractivity contribution < 1.29 is 4.79 Å². The van der Waals surface area contributed by atoms with E-state index in [1.807, 2.05) is 44.2 Å². The number of nitrogens with two attached hydrogens (primary N) is 1. The molecule has 0 bridgehead atoms. The predicted molar refractivity (Wildman–Crippen MR) is 76.4 cm³/mol. The van der Waals surface area contributed by atoms with Crippen molar-refractivity contribution >= 4 is 16.8 Å². The number of rotatable bonds is 4. The van der Waals surface area contributed by atoms with Crippen LogP contribution in [0.4, 0.5) is 0 Å². The number of benzene rings is 1. The third-order valence-corrected chi connectivity index (χ3v) is 3.19. The van der Waals surface area contributed by atoms with Crippen molar-refractivity contribution in [1.82, 2.24) is 10.3 Å². The molecule has 1 aromatic carbocycles. The molecule has 1 amide bonds. The van der Waals surface area contributed by atoms with Crippen LogP contribution in [0.1, 0.15) is 19.4 Å². The summed E-state index contributed by atoms with van der Waals surface area (Å²) in [5.74, 6) is 0.00794. The Hall–Kier alpha value is -1.94.